The van der Waals surface area contributed by atoms with E-state index in [0.29, 0.717) is 0 Å². The van der Waals surface area contributed by atoms with Crippen molar-refractivity contribution in [3.63, 3.8) is 0 Å². The van der Waals surface area contributed by atoms with Crippen LogP contribution in [0.1, 0.15) is 58.3 Å². The van der Waals surface area contributed by atoms with Crippen molar-refractivity contribution in [1.82, 2.24) is 5.32 Å². The first-order valence-corrected chi connectivity index (χ1v) is 6.63. The van der Waals surface area contributed by atoms with Gasteiger partial charge in [0.2, 0.25) is 0 Å². The Balaban J connectivity index is 1.77. The van der Waals surface area contributed by atoms with Crippen LogP contribution in [0.5, 0.6) is 0 Å². The predicted molar refractivity (Wildman–Crippen MR) is 61.4 cm³/mol. The third-order valence-corrected chi connectivity index (χ3v) is 4.29. The van der Waals surface area contributed by atoms with Crippen LogP contribution in [0.3, 0.4) is 0 Å². The van der Waals surface area contributed by atoms with Gasteiger partial charge in [-0.05, 0) is 37.6 Å². The fourth-order valence-electron chi connectivity index (χ4n) is 3.43. The number of nitrogens with one attached hydrogen (secondary N) is 1. The first kappa shape index (κ1) is 10.5. The fraction of sp³-hybridized carbons (Fsp3) is 1.00. The van der Waals surface area contributed by atoms with E-state index in [-0.39, 0.29) is 0 Å². The Kier molecular flexibility index (Phi) is 3.86. The van der Waals surface area contributed by atoms with E-state index in [1.807, 2.05) is 0 Å². The van der Waals surface area contributed by atoms with Gasteiger partial charge in [-0.15, -0.1) is 0 Å². The average Bonchev–Trinajstić information content (AvgIpc) is 2.67. The van der Waals surface area contributed by atoms with Crippen LogP contribution < -0.4 is 5.32 Å². The lowest BCUT2D eigenvalue weighted by molar-refractivity contribution is 0.270. The molecule has 0 aromatic carbocycles. The van der Waals surface area contributed by atoms with Gasteiger partial charge in [0.05, 0.1) is 0 Å². The molecule has 0 aromatic rings. The number of rotatable bonds is 3. The standard InChI is InChI=1S/C13H25N/c1-2-13-12(8-9-14-13)10-11-6-4-3-5-7-11/h11-14H,2-10H2,1H3. The van der Waals surface area contributed by atoms with Crippen LogP contribution in [-0.2, 0) is 0 Å². The second-order valence-corrected chi connectivity index (χ2v) is 5.26. The second kappa shape index (κ2) is 5.16. The molecule has 14 heavy (non-hydrogen) atoms. The van der Waals surface area contributed by atoms with Crippen molar-refractivity contribution in [2.75, 3.05) is 6.54 Å². The highest BCUT2D eigenvalue weighted by Crippen LogP contribution is 2.33. The van der Waals surface area contributed by atoms with Crippen molar-refractivity contribution in [2.24, 2.45) is 11.8 Å². The summed E-state index contributed by atoms with van der Waals surface area (Å²) < 4.78 is 0. The van der Waals surface area contributed by atoms with Crippen LogP contribution in [0.4, 0.5) is 0 Å². The lowest BCUT2D eigenvalue weighted by Gasteiger charge is -2.27. The molecular weight excluding hydrogens is 170 g/mol. The average molecular weight is 195 g/mol. The molecule has 1 saturated heterocycles. The highest BCUT2D eigenvalue weighted by Gasteiger charge is 2.28. The van der Waals surface area contributed by atoms with Crippen LogP contribution in [0.2, 0.25) is 0 Å². The van der Waals surface area contributed by atoms with E-state index in [9.17, 15) is 0 Å². The molecule has 1 N–H and O–H groups in total. The highest BCUT2D eigenvalue weighted by molar-refractivity contribution is 4.84. The predicted octanol–water partition coefficient (Wildman–Crippen LogP) is 3.34. The van der Waals surface area contributed by atoms with Crippen LogP contribution in [0, 0.1) is 11.8 Å². The molecule has 0 spiro atoms. The molecule has 1 heteroatoms. The number of hydrogen-bond donors (Lipinski definition) is 1. The minimum atomic E-state index is 0.844. The molecule has 0 radical (unpaired) electrons. The zero-order chi connectivity index (χ0) is 9.80. The summed E-state index contributed by atoms with van der Waals surface area (Å²) in [6, 6.07) is 0.844. The van der Waals surface area contributed by atoms with E-state index in [1.165, 1.54) is 57.9 Å². The van der Waals surface area contributed by atoms with Gasteiger partial charge in [-0.3, -0.25) is 0 Å². The number of hydrogen-bond acceptors (Lipinski definition) is 1. The smallest absolute Gasteiger partial charge is 0.00932 e. The van der Waals surface area contributed by atoms with Gasteiger partial charge in [0.15, 0.2) is 0 Å². The molecule has 0 aromatic heterocycles. The van der Waals surface area contributed by atoms with Crippen LogP contribution in [-0.4, -0.2) is 12.6 Å². The van der Waals surface area contributed by atoms with Crippen LogP contribution in [0.25, 0.3) is 0 Å². The Bertz CT molecular complexity index is 161. The third kappa shape index (κ3) is 2.50. The Hall–Kier alpha value is -0.0400. The molecule has 2 rings (SSSR count). The van der Waals surface area contributed by atoms with Gasteiger partial charge >= 0.3 is 0 Å². The molecule has 2 atom stereocenters. The first-order valence-electron chi connectivity index (χ1n) is 6.63. The monoisotopic (exact) mass is 195 g/mol. The molecule has 1 heterocycles. The van der Waals surface area contributed by atoms with E-state index >= 15 is 0 Å². The quantitative estimate of drug-likeness (QED) is 0.728. The topological polar surface area (TPSA) is 12.0 Å². The Morgan fingerprint density at radius 1 is 1.07 bits per heavy atom. The van der Waals surface area contributed by atoms with Crippen molar-refractivity contribution in [2.45, 2.75) is 64.3 Å². The third-order valence-electron chi connectivity index (χ3n) is 4.29. The minimum Gasteiger partial charge on any atom is -0.314 e. The van der Waals surface area contributed by atoms with E-state index in [2.05, 4.69) is 12.2 Å². The Morgan fingerprint density at radius 2 is 1.86 bits per heavy atom. The summed E-state index contributed by atoms with van der Waals surface area (Å²) in [5.41, 5.74) is 0. The summed E-state index contributed by atoms with van der Waals surface area (Å²) in [6.07, 6.45) is 11.8. The Labute approximate surface area is 88.7 Å². The molecule has 1 nitrogen and oxygen atoms in total. The fourth-order valence-corrected chi connectivity index (χ4v) is 3.43. The summed E-state index contributed by atoms with van der Waals surface area (Å²) in [6.45, 7) is 3.60. The molecular formula is C13H25N. The SMILES string of the molecule is CCC1NCCC1CC1CCCCC1. The summed E-state index contributed by atoms with van der Waals surface area (Å²) in [5.74, 6) is 2.07. The van der Waals surface area contributed by atoms with Gasteiger partial charge in [-0.2, -0.15) is 0 Å². The van der Waals surface area contributed by atoms with E-state index in [1.54, 1.807) is 0 Å². The molecule has 1 aliphatic carbocycles. The molecule has 1 saturated carbocycles. The Morgan fingerprint density at radius 3 is 2.57 bits per heavy atom. The van der Waals surface area contributed by atoms with Gasteiger partial charge in [0.1, 0.15) is 0 Å². The summed E-state index contributed by atoms with van der Waals surface area (Å²) in [5, 5.41) is 3.65. The van der Waals surface area contributed by atoms with Crippen molar-refractivity contribution in [3.05, 3.63) is 0 Å². The summed E-state index contributed by atoms with van der Waals surface area (Å²) >= 11 is 0. The van der Waals surface area contributed by atoms with E-state index in [4.69, 9.17) is 0 Å². The van der Waals surface area contributed by atoms with Crippen molar-refractivity contribution in [1.29, 1.82) is 0 Å². The van der Waals surface area contributed by atoms with Crippen molar-refractivity contribution in [3.8, 4) is 0 Å². The maximum atomic E-state index is 3.65. The van der Waals surface area contributed by atoms with E-state index in [0.717, 1.165) is 17.9 Å². The van der Waals surface area contributed by atoms with Gasteiger partial charge in [-0.25, -0.2) is 0 Å². The van der Waals surface area contributed by atoms with Gasteiger partial charge in [0.25, 0.3) is 0 Å². The normalized spacial score (nSPS) is 34.9. The lowest BCUT2D eigenvalue weighted by Crippen LogP contribution is -2.27. The maximum absolute atomic E-state index is 3.65. The summed E-state index contributed by atoms with van der Waals surface area (Å²) in [4.78, 5) is 0. The molecule has 1 aliphatic heterocycles. The second-order valence-electron chi connectivity index (χ2n) is 5.26. The molecule has 2 fully saturated rings. The highest BCUT2D eigenvalue weighted by atomic mass is 14.9. The van der Waals surface area contributed by atoms with Crippen molar-refractivity contribution < 1.29 is 0 Å². The molecule has 0 bridgehead atoms. The van der Waals surface area contributed by atoms with Crippen molar-refractivity contribution >= 4 is 0 Å². The summed E-state index contributed by atoms with van der Waals surface area (Å²) in [7, 11) is 0. The van der Waals surface area contributed by atoms with E-state index < -0.39 is 0 Å². The zero-order valence-electron chi connectivity index (χ0n) is 9.60. The minimum absolute atomic E-state index is 0.844. The van der Waals surface area contributed by atoms with Crippen LogP contribution >= 0.6 is 0 Å². The molecule has 0 amide bonds. The lowest BCUT2D eigenvalue weighted by atomic mass is 9.80. The molecule has 82 valence electrons. The van der Waals surface area contributed by atoms with Gasteiger partial charge in [0, 0.05) is 6.04 Å². The largest absolute Gasteiger partial charge is 0.314 e. The molecule has 2 aliphatic rings. The van der Waals surface area contributed by atoms with Gasteiger partial charge in [-0.1, -0.05) is 39.0 Å². The molecule has 2 unspecified atom stereocenters. The maximum Gasteiger partial charge on any atom is 0.00932 e. The van der Waals surface area contributed by atoms with Gasteiger partial charge < -0.3 is 5.32 Å². The zero-order valence-corrected chi connectivity index (χ0v) is 9.60. The first-order chi connectivity index (χ1) is 6.90. The van der Waals surface area contributed by atoms with Crippen LogP contribution in [0.15, 0.2) is 0 Å².